The third-order valence-corrected chi connectivity index (χ3v) is 7.43. The topological polar surface area (TPSA) is 54.9 Å². The Morgan fingerprint density at radius 1 is 0.929 bits per heavy atom. The van der Waals surface area contributed by atoms with Crippen LogP contribution in [0, 0.1) is 11.2 Å². The molecule has 3 aromatic rings. The summed E-state index contributed by atoms with van der Waals surface area (Å²) < 4.78 is 13.3. The largest absolute Gasteiger partial charge is 0.325 e. The van der Waals surface area contributed by atoms with Crippen LogP contribution in [0.2, 0.25) is 0 Å². The van der Waals surface area contributed by atoms with E-state index in [4.69, 9.17) is 9.97 Å². The number of benzene rings is 2. The molecule has 28 heavy (non-hydrogen) atoms. The van der Waals surface area contributed by atoms with Crippen molar-refractivity contribution in [2.75, 3.05) is 5.32 Å². The van der Waals surface area contributed by atoms with Crippen LogP contribution in [0.15, 0.2) is 48.5 Å². The van der Waals surface area contributed by atoms with Gasteiger partial charge in [0.1, 0.15) is 5.82 Å². The molecule has 0 unspecified atom stereocenters. The van der Waals surface area contributed by atoms with E-state index < -0.39 is 5.41 Å². The second kappa shape index (κ2) is 5.37. The average Bonchev–Trinajstić information content (AvgIpc) is 2.98. The summed E-state index contributed by atoms with van der Waals surface area (Å²) in [6.07, 6.45) is 1.61. The highest BCUT2D eigenvalue weighted by Crippen LogP contribution is 2.70. The van der Waals surface area contributed by atoms with E-state index in [1.54, 1.807) is 12.1 Å². The second-order valence-electron chi connectivity index (χ2n) is 8.73. The van der Waals surface area contributed by atoms with Crippen molar-refractivity contribution in [3.8, 4) is 0 Å². The third kappa shape index (κ3) is 1.91. The van der Waals surface area contributed by atoms with Crippen molar-refractivity contribution in [1.29, 1.82) is 0 Å². The predicted molar refractivity (Wildman–Crippen MR) is 107 cm³/mol. The summed E-state index contributed by atoms with van der Waals surface area (Å²) in [7, 11) is 0. The maximum absolute atomic E-state index is 13.7. The zero-order chi connectivity index (χ0) is 19.7. The van der Waals surface area contributed by atoms with Gasteiger partial charge in [0.15, 0.2) is 0 Å². The van der Waals surface area contributed by atoms with E-state index >= 15 is 0 Å². The molecule has 2 aromatic carbocycles. The highest BCUT2D eigenvalue weighted by Gasteiger charge is 2.73. The summed E-state index contributed by atoms with van der Waals surface area (Å²) in [6.45, 7) is 6.51. The molecule has 2 atom stereocenters. The fourth-order valence-corrected chi connectivity index (χ4v) is 5.32. The van der Waals surface area contributed by atoms with Crippen LogP contribution in [0.4, 0.5) is 10.1 Å². The van der Waals surface area contributed by atoms with Crippen molar-refractivity contribution in [3.63, 3.8) is 0 Å². The first-order valence-corrected chi connectivity index (χ1v) is 9.64. The minimum absolute atomic E-state index is 0.0869. The number of fused-ring (bicyclic) bond motifs is 6. The number of carbonyl (C=O) groups excluding carboxylic acids is 1. The third-order valence-electron chi connectivity index (χ3n) is 7.43. The number of hydrogen-bond donors (Lipinski definition) is 1. The summed E-state index contributed by atoms with van der Waals surface area (Å²) in [5, 5.41) is 3.02. The smallest absolute Gasteiger partial charge is 0.237 e. The summed E-state index contributed by atoms with van der Waals surface area (Å²) in [5.74, 6) is -0.412. The van der Waals surface area contributed by atoms with E-state index in [0.717, 1.165) is 35.3 Å². The zero-order valence-electron chi connectivity index (χ0n) is 16.2. The van der Waals surface area contributed by atoms with Gasteiger partial charge in [-0.1, -0.05) is 32.9 Å². The van der Waals surface area contributed by atoms with Crippen LogP contribution in [0.1, 0.15) is 45.0 Å². The quantitative estimate of drug-likeness (QED) is 0.704. The first-order valence-electron chi connectivity index (χ1n) is 9.64. The zero-order valence-corrected chi connectivity index (χ0v) is 16.2. The number of rotatable bonds is 2. The molecular formula is C23H22FN3O. The highest BCUT2D eigenvalue weighted by molar-refractivity contribution is 6.02. The normalized spacial score (nSPS) is 27.0. The van der Waals surface area contributed by atoms with Crippen molar-refractivity contribution in [1.82, 2.24) is 9.97 Å². The lowest BCUT2D eigenvalue weighted by molar-refractivity contribution is -0.125. The summed E-state index contributed by atoms with van der Waals surface area (Å²) in [5.41, 5.74) is 2.67. The van der Waals surface area contributed by atoms with Gasteiger partial charge in [0.05, 0.1) is 27.8 Å². The molecule has 142 valence electrons. The molecule has 1 fully saturated rings. The fourth-order valence-electron chi connectivity index (χ4n) is 5.32. The molecular weight excluding hydrogens is 353 g/mol. The van der Waals surface area contributed by atoms with Gasteiger partial charge in [0.25, 0.3) is 0 Å². The van der Waals surface area contributed by atoms with Gasteiger partial charge in [0, 0.05) is 11.1 Å². The molecule has 0 saturated heterocycles. The van der Waals surface area contributed by atoms with E-state index in [2.05, 4.69) is 26.1 Å². The van der Waals surface area contributed by atoms with Crippen molar-refractivity contribution in [2.24, 2.45) is 5.41 Å². The first kappa shape index (κ1) is 17.3. The Labute approximate surface area is 163 Å². The Balaban J connectivity index is 1.69. The summed E-state index contributed by atoms with van der Waals surface area (Å²) >= 11 is 0. The number of hydrogen-bond acceptors (Lipinski definition) is 3. The Morgan fingerprint density at radius 3 is 2.18 bits per heavy atom. The van der Waals surface area contributed by atoms with Gasteiger partial charge < -0.3 is 5.32 Å². The lowest BCUT2D eigenvalue weighted by Crippen LogP contribution is -2.48. The van der Waals surface area contributed by atoms with E-state index in [1.807, 2.05) is 24.3 Å². The Hall–Kier alpha value is -2.82. The van der Waals surface area contributed by atoms with Crippen molar-refractivity contribution in [3.05, 3.63) is 65.7 Å². The molecule has 4 nitrogen and oxygen atoms in total. The Kier molecular flexibility index (Phi) is 3.32. The molecule has 5 rings (SSSR count). The molecule has 0 radical (unpaired) electrons. The maximum Gasteiger partial charge on any atom is 0.237 e. The number of anilines is 1. The van der Waals surface area contributed by atoms with Crippen LogP contribution in [0.5, 0.6) is 0 Å². The van der Waals surface area contributed by atoms with Gasteiger partial charge in [-0.15, -0.1) is 0 Å². The SMILES string of the molecule is CC1(C)[C@@]2(C)CC[C@@]1(C(=O)Nc1ccc(F)cc1)c1nc3ccccc3nc12. The van der Waals surface area contributed by atoms with Gasteiger partial charge >= 0.3 is 0 Å². The number of nitrogens with zero attached hydrogens (tertiary/aromatic N) is 2. The minimum Gasteiger partial charge on any atom is -0.325 e. The van der Waals surface area contributed by atoms with Crippen LogP contribution in [0.25, 0.3) is 11.0 Å². The minimum atomic E-state index is -0.761. The molecule has 1 aromatic heterocycles. The van der Waals surface area contributed by atoms with E-state index in [9.17, 15) is 9.18 Å². The van der Waals surface area contributed by atoms with E-state index in [-0.39, 0.29) is 22.6 Å². The lowest BCUT2D eigenvalue weighted by Gasteiger charge is -2.39. The predicted octanol–water partition coefficient (Wildman–Crippen LogP) is 4.74. The molecule has 2 bridgehead atoms. The Morgan fingerprint density at radius 2 is 1.54 bits per heavy atom. The van der Waals surface area contributed by atoms with Crippen molar-refractivity contribution in [2.45, 2.75) is 44.4 Å². The molecule has 0 spiro atoms. The van der Waals surface area contributed by atoms with Gasteiger partial charge in [-0.3, -0.25) is 4.79 Å². The molecule has 2 aliphatic rings. The van der Waals surface area contributed by atoms with Gasteiger partial charge in [-0.2, -0.15) is 0 Å². The second-order valence-corrected chi connectivity index (χ2v) is 8.73. The van der Waals surface area contributed by atoms with Crippen molar-refractivity contribution >= 4 is 22.6 Å². The van der Waals surface area contributed by atoms with E-state index in [1.165, 1.54) is 12.1 Å². The van der Waals surface area contributed by atoms with Crippen LogP contribution < -0.4 is 5.32 Å². The number of amides is 1. The standard InChI is InChI=1S/C23H22FN3O/c1-21(2)22(3)12-13-23(21,20(28)25-15-10-8-14(24)9-11-15)19-18(22)26-16-6-4-5-7-17(16)27-19/h4-11H,12-13H2,1-3H3,(H,25,28)/t22-,23-/m0/s1. The van der Waals surface area contributed by atoms with Crippen molar-refractivity contribution < 1.29 is 9.18 Å². The molecule has 1 N–H and O–H groups in total. The van der Waals surface area contributed by atoms with Gasteiger partial charge in [-0.05, 0) is 54.7 Å². The average molecular weight is 375 g/mol. The van der Waals surface area contributed by atoms with Crippen LogP contribution in [-0.4, -0.2) is 15.9 Å². The Bertz CT molecular complexity index is 1120. The van der Waals surface area contributed by atoms with E-state index in [0.29, 0.717) is 5.69 Å². The summed E-state index contributed by atoms with van der Waals surface area (Å²) in [6, 6.07) is 13.7. The lowest BCUT2D eigenvalue weighted by atomic mass is 9.63. The van der Waals surface area contributed by atoms with Gasteiger partial charge in [-0.25, -0.2) is 14.4 Å². The maximum atomic E-state index is 13.7. The molecule has 2 aliphatic carbocycles. The molecule has 0 aliphatic heterocycles. The monoisotopic (exact) mass is 375 g/mol. The molecule has 1 amide bonds. The molecule has 1 saturated carbocycles. The number of aromatic nitrogens is 2. The first-order chi connectivity index (χ1) is 13.3. The van der Waals surface area contributed by atoms with Gasteiger partial charge in [0.2, 0.25) is 5.91 Å². The van der Waals surface area contributed by atoms with Crippen LogP contribution in [0.3, 0.4) is 0 Å². The number of halogens is 1. The molecule has 5 heteroatoms. The highest BCUT2D eigenvalue weighted by atomic mass is 19.1. The fraction of sp³-hybridized carbons (Fsp3) is 0.348. The number of nitrogens with one attached hydrogen (secondary N) is 1. The number of carbonyl (C=O) groups is 1. The van der Waals surface area contributed by atoms with Crippen LogP contribution in [-0.2, 0) is 15.6 Å². The summed E-state index contributed by atoms with van der Waals surface area (Å²) in [4.78, 5) is 23.6. The van der Waals surface area contributed by atoms with Crippen LogP contribution >= 0.6 is 0 Å². The number of para-hydroxylation sites is 2. The molecule has 1 heterocycles.